The lowest BCUT2D eigenvalue weighted by atomic mass is 9.97. The fourth-order valence-electron chi connectivity index (χ4n) is 1.92. The van der Waals surface area contributed by atoms with Crippen LogP contribution in [0.2, 0.25) is 0 Å². The Morgan fingerprint density at radius 2 is 2.44 bits per heavy atom. The summed E-state index contributed by atoms with van der Waals surface area (Å²) in [7, 11) is 0. The normalized spacial score (nSPS) is 17.9. The third-order valence-electron chi connectivity index (χ3n) is 2.66. The van der Waals surface area contributed by atoms with Crippen molar-refractivity contribution in [3.63, 3.8) is 0 Å². The molecule has 0 saturated carbocycles. The minimum atomic E-state index is -0.969. The van der Waals surface area contributed by atoms with Gasteiger partial charge in [-0.05, 0) is 6.07 Å². The van der Waals surface area contributed by atoms with E-state index in [9.17, 15) is 9.90 Å². The molecule has 1 aliphatic carbocycles. The molecule has 0 radical (unpaired) electrons. The van der Waals surface area contributed by atoms with Gasteiger partial charge in [0.2, 0.25) is 0 Å². The minimum absolute atomic E-state index is 0.236. The molecule has 3 N–H and O–H groups in total. The molecule has 0 aromatic carbocycles. The Hall–Kier alpha value is -1.66. The molecule has 2 aromatic rings. The van der Waals surface area contributed by atoms with Crippen LogP contribution < -0.4 is 0 Å². The average molecular weight is 236 g/mol. The van der Waals surface area contributed by atoms with Crippen LogP contribution in [0, 0.1) is 0 Å². The molecule has 0 fully saturated rings. The molecule has 5 nitrogen and oxygen atoms in total. The molecule has 2 heterocycles. The second kappa shape index (κ2) is 3.16. The maximum Gasteiger partial charge on any atom is 0.345 e. The van der Waals surface area contributed by atoms with E-state index in [2.05, 4.69) is 9.97 Å². The van der Waals surface area contributed by atoms with Crippen molar-refractivity contribution in [2.45, 2.75) is 12.5 Å². The first-order valence-corrected chi connectivity index (χ1v) is 5.56. The highest BCUT2D eigenvalue weighted by Crippen LogP contribution is 2.42. The van der Waals surface area contributed by atoms with Gasteiger partial charge < -0.3 is 15.2 Å². The number of rotatable bonds is 1. The molecule has 1 aliphatic rings. The molecule has 1 unspecified atom stereocenters. The molecule has 2 aromatic heterocycles. The van der Waals surface area contributed by atoms with Gasteiger partial charge in [0.25, 0.3) is 0 Å². The number of hydrogen-bond donors (Lipinski definition) is 3. The lowest BCUT2D eigenvalue weighted by molar-refractivity contribution is 0.0702. The van der Waals surface area contributed by atoms with Crippen LogP contribution in [0.4, 0.5) is 0 Å². The van der Waals surface area contributed by atoms with E-state index >= 15 is 0 Å². The summed E-state index contributed by atoms with van der Waals surface area (Å²) in [5.41, 5.74) is 2.29. The summed E-state index contributed by atoms with van der Waals surface area (Å²) in [4.78, 5) is 19.0. The molecule has 0 bridgehead atoms. The highest BCUT2D eigenvalue weighted by molar-refractivity contribution is 7.17. The number of aliphatic hydroxyl groups is 1. The number of thiophene rings is 1. The SMILES string of the molecule is O=C(O)c1cc2c(s1)-c1nc[nH]c1CC2O. The van der Waals surface area contributed by atoms with Crippen molar-refractivity contribution < 1.29 is 15.0 Å². The van der Waals surface area contributed by atoms with Crippen molar-refractivity contribution in [1.82, 2.24) is 9.97 Å². The number of H-pyrrole nitrogens is 1. The first-order valence-electron chi connectivity index (χ1n) is 4.74. The standard InChI is InChI=1S/C10H8N2O3S/c13-6-2-5-8(12-3-11-5)9-4(6)1-7(16-9)10(14)15/h1,3,6,13H,2H2,(H,11,12)(H,14,15). The van der Waals surface area contributed by atoms with Crippen molar-refractivity contribution in [3.05, 3.63) is 28.5 Å². The van der Waals surface area contributed by atoms with E-state index in [0.717, 1.165) is 27.6 Å². The number of nitrogens with one attached hydrogen (secondary N) is 1. The summed E-state index contributed by atoms with van der Waals surface area (Å²) in [6, 6.07) is 1.53. The van der Waals surface area contributed by atoms with Gasteiger partial charge in [-0.1, -0.05) is 0 Å². The zero-order valence-corrected chi connectivity index (χ0v) is 8.91. The number of aromatic amines is 1. The van der Waals surface area contributed by atoms with E-state index in [1.807, 2.05) is 0 Å². The molecule has 0 saturated heterocycles. The highest BCUT2D eigenvalue weighted by atomic mass is 32.1. The van der Waals surface area contributed by atoms with Crippen LogP contribution in [0.1, 0.15) is 27.0 Å². The number of carboxylic acid groups (broad SMARTS) is 1. The summed E-state index contributed by atoms with van der Waals surface area (Å²) >= 11 is 1.15. The van der Waals surface area contributed by atoms with Crippen molar-refractivity contribution in [2.24, 2.45) is 0 Å². The maximum atomic E-state index is 10.9. The maximum absolute atomic E-state index is 10.9. The van der Waals surface area contributed by atoms with Gasteiger partial charge >= 0.3 is 5.97 Å². The lowest BCUT2D eigenvalue weighted by Crippen LogP contribution is -2.08. The summed E-state index contributed by atoms with van der Waals surface area (Å²) in [5, 5.41) is 18.8. The Morgan fingerprint density at radius 3 is 3.19 bits per heavy atom. The van der Waals surface area contributed by atoms with Crippen LogP contribution in [0.3, 0.4) is 0 Å². The number of carboxylic acids is 1. The van der Waals surface area contributed by atoms with Crippen LogP contribution in [-0.2, 0) is 6.42 Å². The topological polar surface area (TPSA) is 86.2 Å². The molecular weight excluding hydrogens is 228 g/mol. The summed E-state index contributed by atoms with van der Waals surface area (Å²) in [5.74, 6) is -0.969. The van der Waals surface area contributed by atoms with Gasteiger partial charge in [-0.2, -0.15) is 0 Å². The average Bonchev–Trinajstić information content (AvgIpc) is 2.80. The van der Waals surface area contributed by atoms with E-state index in [1.54, 1.807) is 6.33 Å². The summed E-state index contributed by atoms with van der Waals surface area (Å²) < 4.78 is 0. The Morgan fingerprint density at radius 1 is 1.62 bits per heavy atom. The highest BCUT2D eigenvalue weighted by Gasteiger charge is 2.28. The largest absolute Gasteiger partial charge is 0.477 e. The molecule has 3 rings (SSSR count). The van der Waals surface area contributed by atoms with Crippen molar-refractivity contribution in [1.29, 1.82) is 0 Å². The molecule has 6 heteroatoms. The lowest BCUT2D eigenvalue weighted by Gasteiger charge is -2.16. The van der Waals surface area contributed by atoms with E-state index < -0.39 is 12.1 Å². The van der Waals surface area contributed by atoms with Crippen LogP contribution in [0.15, 0.2) is 12.4 Å². The minimum Gasteiger partial charge on any atom is -0.477 e. The van der Waals surface area contributed by atoms with E-state index in [4.69, 9.17) is 5.11 Å². The van der Waals surface area contributed by atoms with Gasteiger partial charge in [-0.3, -0.25) is 0 Å². The van der Waals surface area contributed by atoms with Crippen LogP contribution >= 0.6 is 11.3 Å². The number of aliphatic hydroxyl groups excluding tert-OH is 1. The van der Waals surface area contributed by atoms with E-state index in [0.29, 0.717) is 12.0 Å². The number of imidazole rings is 1. The second-order valence-corrected chi connectivity index (χ2v) is 4.70. The smallest absolute Gasteiger partial charge is 0.345 e. The Labute approximate surface area is 94.4 Å². The Kier molecular flexibility index (Phi) is 1.89. The van der Waals surface area contributed by atoms with Gasteiger partial charge in [-0.15, -0.1) is 11.3 Å². The van der Waals surface area contributed by atoms with Crippen LogP contribution in [-0.4, -0.2) is 26.2 Å². The van der Waals surface area contributed by atoms with E-state index in [1.165, 1.54) is 6.07 Å². The van der Waals surface area contributed by atoms with Gasteiger partial charge in [0.15, 0.2) is 0 Å². The van der Waals surface area contributed by atoms with Gasteiger partial charge in [0.05, 0.1) is 17.3 Å². The first kappa shape index (κ1) is 9.56. The first-order chi connectivity index (χ1) is 7.66. The second-order valence-electron chi connectivity index (χ2n) is 3.65. The number of hydrogen-bond acceptors (Lipinski definition) is 4. The molecule has 0 spiro atoms. The number of nitrogens with zero attached hydrogens (tertiary/aromatic N) is 1. The third kappa shape index (κ3) is 1.20. The predicted octanol–water partition coefficient (Wildman–Crippen LogP) is 1.43. The van der Waals surface area contributed by atoms with Crippen LogP contribution in [0.25, 0.3) is 10.6 Å². The predicted molar refractivity (Wildman–Crippen MR) is 57.5 cm³/mol. The molecule has 0 aliphatic heterocycles. The zero-order valence-electron chi connectivity index (χ0n) is 8.10. The van der Waals surface area contributed by atoms with Gasteiger partial charge in [0, 0.05) is 17.7 Å². The van der Waals surface area contributed by atoms with Crippen LogP contribution in [0.5, 0.6) is 0 Å². The summed E-state index contributed by atoms with van der Waals surface area (Å²) in [6.45, 7) is 0. The molecule has 82 valence electrons. The number of aromatic nitrogens is 2. The fraction of sp³-hybridized carbons (Fsp3) is 0.200. The van der Waals surface area contributed by atoms with E-state index in [-0.39, 0.29) is 4.88 Å². The quantitative estimate of drug-likeness (QED) is 0.699. The molecule has 0 amide bonds. The molecule has 16 heavy (non-hydrogen) atoms. The van der Waals surface area contributed by atoms with Crippen molar-refractivity contribution >= 4 is 17.3 Å². The van der Waals surface area contributed by atoms with Gasteiger partial charge in [0.1, 0.15) is 10.6 Å². The number of fused-ring (bicyclic) bond motifs is 3. The zero-order chi connectivity index (χ0) is 11.3. The number of aromatic carboxylic acids is 1. The summed E-state index contributed by atoms with van der Waals surface area (Å²) in [6.07, 6.45) is 1.37. The molecule has 1 atom stereocenters. The fourth-order valence-corrected chi connectivity index (χ4v) is 3.00. The Bertz CT molecular complexity index is 572. The van der Waals surface area contributed by atoms with Crippen molar-refractivity contribution in [3.8, 4) is 10.6 Å². The third-order valence-corrected chi connectivity index (χ3v) is 3.81. The van der Waals surface area contributed by atoms with Crippen molar-refractivity contribution in [2.75, 3.05) is 0 Å². The van der Waals surface area contributed by atoms with Gasteiger partial charge in [-0.25, -0.2) is 9.78 Å². The monoisotopic (exact) mass is 236 g/mol. The number of carbonyl (C=O) groups is 1. The molecular formula is C10H8N2O3S. The Balaban J connectivity index is 2.23.